The molecule has 0 amide bonds. The number of hydrogen-bond donors (Lipinski definition) is 0. The van der Waals surface area contributed by atoms with E-state index in [4.69, 9.17) is 9.05 Å². The fourth-order valence-electron chi connectivity index (χ4n) is 0.901. The quantitative estimate of drug-likeness (QED) is 0.538. The molecule has 0 fully saturated rings. The summed E-state index contributed by atoms with van der Waals surface area (Å²) in [5, 5.41) is 0. The second-order valence-corrected chi connectivity index (χ2v) is 5.12. The van der Waals surface area contributed by atoms with Gasteiger partial charge in [-0.25, -0.2) is 0 Å². The molecule has 0 aromatic heterocycles. The smallest absolute Gasteiger partial charge is 0.309 e. The largest absolute Gasteiger partial charge is 0.412 e. The van der Waals surface area contributed by atoms with Gasteiger partial charge in [0.2, 0.25) is 0 Å². The lowest BCUT2D eigenvalue weighted by Gasteiger charge is -2.15. The highest BCUT2D eigenvalue weighted by Gasteiger charge is 2.31. The Balaban J connectivity index is 4.60. The van der Waals surface area contributed by atoms with Crippen molar-refractivity contribution >= 4 is 7.60 Å². The van der Waals surface area contributed by atoms with Crippen LogP contribution in [0.2, 0.25) is 0 Å². The Hall–Kier alpha value is -0.320. The lowest BCUT2D eigenvalue weighted by atomic mass is 10.3. The minimum atomic E-state index is -4.40. The molecule has 0 aromatic carbocycles. The van der Waals surface area contributed by atoms with Gasteiger partial charge in [-0.3, -0.25) is 4.57 Å². The van der Waals surface area contributed by atoms with Crippen molar-refractivity contribution in [2.45, 2.75) is 26.9 Å². The van der Waals surface area contributed by atoms with Crippen LogP contribution in [-0.4, -0.2) is 25.6 Å². The third kappa shape index (κ3) is 5.68. The minimum Gasteiger partial charge on any atom is -0.309 e. The monoisotopic (exact) mass is 260 g/mol. The van der Waals surface area contributed by atoms with Crippen LogP contribution in [0.15, 0.2) is 11.6 Å². The fourth-order valence-corrected chi connectivity index (χ4v) is 2.47. The van der Waals surface area contributed by atoms with E-state index in [0.717, 1.165) is 13.0 Å². The van der Waals surface area contributed by atoms with Crippen LogP contribution in [0, 0.1) is 0 Å². The number of hydrogen-bond acceptors (Lipinski definition) is 3. The molecule has 0 N–H and O–H groups in total. The van der Waals surface area contributed by atoms with Crippen molar-refractivity contribution in [3.05, 3.63) is 11.6 Å². The maximum Gasteiger partial charge on any atom is 0.412 e. The molecular formula is C9H16F3O3P. The maximum atomic E-state index is 12.2. The highest BCUT2D eigenvalue weighted by molar-refractivity contribution is 7.54. The summed E-state index contributed by atoms with van der Waals surface area (Å²) in [5.74, 6) is 0. The molecule has 0 heterocycles. The van der Waals surface area contributed by atoms with Gasteiger partial charge in [-0.2, -0.15) is 13.2 Å². The van der Waals surface area contributed by atoms with Gasteiger partial charge in [-0.1, -0.05) is 6.08 Å². The highest BCUT2D eigenvalue weighted by atomic mass is 31.2. The van der Waals surface area contributed by atoms with E-state index in [0.29, 0.717) is 0 Å². The molecule has 0 radical (unpaired) electrons. The van der Waals surface area contributed by atoms with E-state index in [9.17, 15) is 17.7 Å². The second-order valence-electron chi connectivity index (χ2n) is 3.01. The van der Waals surface area contributed by atoms with Gasteiger partial charge in [0.05, 0.1) is 19.4 Å². The van der Waals surface area contributed by atoms with Crippen LogP contribution in [0.4, 0.5) is 13.2 Å². The van der Waals surface area contributed by atoms with E-state index in [1.54, 1.807) is 13.8 Å². The number of halogens is 3. The molecule has 0 bridgehead atoms. The summed E-state index contributed by atoms with van der Waals surface area (Å²) in [6.07, 6.45) is -3.92. The third-order valence-corrected chi connectivity index (χ3v) is 3.65. The van der Waals surface area contributed by atoms with Gasteiger partial charge in [0.15, 0.2) is 0 Å². The van der Waals surface area contributed by atoms with Gasteiger partial charge >= 0.3 is 13.8 Å². The molecule has 16 heavy (non-hydrogen) atoms. The SMILES string of the molecule is CCOP(=O)(C/C=C(\C)C(F)(F)F)OCC. The predicted octanol–water partition coefficient (Wildman–Crippen LogP) is 3.76. The van der Waals surface area contributed by atoms with Crippen LogP contribution in [-0.2, 0) is 13.6 Å². The van der Waals surface area contributed by atoms with Gasteiger partial charge in [-0.05, 0) is 20.8 Å². The second kappa shape index (κ2) is 6.42. The summed E-state index contributed by atoms with van der Waals surface area (Å²) in [5.41, 5.74) is -0.799. The molecule has 0 rings (SSSR count). The summed E-state index contributed by atoms with van der Waals surface area (Å²) < 4.78 is 58.0. The average molecular weight is 260 g/mol. The summed E-state index contributed by atoms with van der Waals surface area (Å²) in [7, 11) is -3.42. The molecule has 0 aromatic rings. The zero-order valence-electron chi connectivity index (χ0n) is 9.50. The van der Waals surface area contributed by atoms with Crippen molar-refractivity contribution in [2.24, 2.45) is 0 Å². The molecule has 3 nitrogen and oxygen atoms in total. The van der Waals surface area contributed by atoms with Gasteiger partial charge < -0.3 is 9.05 Å². The van der Waals surface area contributed by atoms with Gasteiger partial charge in [0, 0.05) is 5.57 Å². The molecule has 7 heteroatoms. The van der Waals surface area contributed by atoms with Crippen LogP contribution in [0.3, 0.4) is 0 Å². The first kappa shape index (κ1) is 15.7. The first-order chi connectivity index (χ1) is 7.25. The van der Waals surface area contributed by atoms with E-state index >= 15 is 0 Å². The summed E-state index contributed by atoms with van der Waals surface area (Å²) in [6.45, 7) is 4.40. The zero-order chi connectivity index (χ0) is 12.8. The van der Waals surface area contributed by atoms with E-state index in [-0.39, 0.29) is 19.4 Å². The van der Waals surface area contributed by atoms with Crippen molar-refractivity contribution < 1.29 is 26.8 Å². The fraction of sp³-hybridized carbons (Fsp3) is 0.778. The molecule has 0 spiro atoms. The van der Waals surface area contributed by atoms with Crippen LogP contribution in [0.25, 0.3) is 0 Å². The molecule has 0 saturated carbocycles. The number of rotatable bonds is 6. The van der Waals surface area contributed by atoms with Crippen LogP contribution >= 0.6 is 7.60 Å². The first-order valence-electron chi connectivity index (χ1n) is 4.87. The summed E-state index contributed by atoms with van der Waals surface area (Å²) in [6, 6.07) is 0. The van der Waals surface area contributed by atoms with Crippen molar-refractivity contribution in [3.8, 4) is 0 Å². The Morgan fingerprint density at radius 1 is 1.25 bits per heavy atom. The van der Waals surface area contributed by atoms with Crippen molar-refractivity contribution in [1.82, 2.24) is 0 Å². The first-order valence-corrected chi connectivity index (χ1v) is 6.60. The third-order valence-electron chi connectivity index (χ3n) is 1.72. The molecule has 0 atom stereocenters. The highest BCUT2D eigenvalue weighted by Crippen LogP contribution is 2.48. The molecule has 0 unspecified atom stereocenters. The Morgan fingerprint density at radius 2 is 1.69 bits per heavy atom. The zero-order valence-corrected chi connectivity index (χ0v) is 10.4. The number of allylic oxidation sites excluding steroid dienone is 2. The van der Waals surface area contributed by atoms with Crippen molar-refractivity contribution in [3.63, 3.8) is 0 Å². The van der Waals surface area contributed by atoms with Crippen molar-refractivity contribution in [1.29, 1.82) is 0 Å². The van der Waals surface area contributed by atoms with E-state index < -0.39 is 19.3 Å². The summed E-state index contributed by atoms with van der Waals surface area (Å²) >= 11 is 0. The molecule has 96 valence electrons. The Labute approximate surface area is 93.2 Å². The van der Waals surface area contributed by atoms with Crippen LogP contribution < -0.4 is 0 Å². The molecule has 0 aliphatic rings. The van der Waals surface area contributed by atoms with Crippen molar-refractivity contribution in [2.75, 3.05) is 19.4 Å². The van der Waals surface area contributed by atoms with E-state index in [1.165, 1.54) is 0 Å². The summed E-state index contributed by atoms with van der Waals surface area (Å²) in [4.78, 5) is 0. The Bertz CT molecular complexity index is 276. The van der Waals surface area contributed by atoms with Crippen LogP contribution in [0.5, 0.6) is 0 Å². The standard InChI is InChI=1S/C9H16F3O3P/c1-4-14-16(13,15-5-2)7-6-8(3)9(10,11)12/h6H,4-5,7H2,1-3H3/b8-6+. The minimum absolute atomic E-state index is 0.135. The van der Waals surface area contributed by atoms with Gasteiger partial charge in [0.1, 0.15) is 0 Å². The molecule has 0 saturated heterocycles. The van der Waals surface area contributed by atoms with Gasteiger partial charge in [-0.15, -0.1) is 0 Å². The van der Waals surface area contributed by atoms with Gasteiger partial charge in [0.25, 0.3) is 0 Å². The molecule has 0 aliphatic carbocycles. The van der Waals surface area contributed by atoms with E-state index in [1.807, 2.05) is 0 Å². The topological polar surface area (TPSA) is 35.5 Å². The average Bonchev–Trinajstić information content (AvgIpc) is 2.13. The van der Waals surface area contributed by atoms with E-state index in [2.05, 4.69) is 0 Å². The maximum absolute atomic E-state index is 12.2. The molecule has 0 aliphatic heterocycles. The lowest BCUT2D eigenvalue weighted by Crippen LogP contribution is -2.10. The lowest BCUT2D eigenvalue weighted by molar-refractivity contribution is -0.0914. The van der Waals surface area contributed by atoms with Crippen LogP contribution in [0.1, 0.15) is 20.8 Å². The number of alkyl halides is 3. The predicted molar refractivity (Wildman–Crippen MR) is 55.5 cm³/mol. The Kier molecular flexibility index (Phi) is 6.30. The Morgan fingerprint density at radius 3 is 2.00 bits per heavy atom. The molecular weight excluding hydrogens is 244 g/mol. The normalized spacial score (nSPS) is 14.2.